The maximum Gasteiger partial charge on any atom is 0.166 e. The van der Waals surface area contributed by atoms with Crippen LogP contribution in [0.3, 0.4) is 0 Å². The number of fused-ring (bicyclic) bond motifs is 3. The molecule has 0 fully saturated rings. The van der Waals surface area contributed by atoms with E-state index in [1.807, 2.05) is 18.4 Å². The predicted octanol–water partition coefficient (Wildman–Crippen LogP) is 4.82. The molecule has 0 saturated heterocycles. The van der Waals surface area contributed by atoms with Gasteiger partial charge in [0.05, 0.1) is 17.0 Å². The molecule has 0 radical (unpaired) electrons. The normalized spacial score (nSPS) is 16.7. The minimum absolute atomic E-state index is 0.112. The van der Waals surface area contributed by atoms with E-state index in [9.17, 15) is 9.18 Å². The largest absolute Gasteiger partial charge is 0.294 e. The van der Waals surface area contributed by atoms with Gasteiger partial charge in [-0.05, 0) is 42.5 Å². The Bertz CT molecular complexity index is 1160. The molecular weight excluding hydrogens is 361 g/mol. The quantitative estimate of drug-likeness (QED) is 0.503. The molecule has 0 aliphatic heterocycles. The van der Waals surface area contributed by atoms with Crippen molar-refractivity contribution in [3.8, 4) is 11.1 Å². The summed E-state index contributed by atoms with van der Waals surface area (Å²) >= 11 is 1.69. The number of carbonyl (C=O) groups excluding carboxylic acids is 1. The summed E-state index contributed by atoms with van der Waals surface area (Å²) in [4.78, 5) is 18.5. The van der Waals surface area contributed by atoms with Crippen LogP contribution >= 0.6 is 11.3 Å². The van der Waals surface area contributed by atoms with Crippen molar-refractivity contribution >= 4 is 22.8 Å². The Kier molecular flexibility index (Phi) is 3.68. The van der Waals surface area contributed by atoms with Crippen molar-refractivity contribution in [3.63, 3.8) is 0 Å². The van der Waals surface area contributed by atoms with Crippen LogP contribution < -0.4 is 0 Å². The number of thiophene rings is 1. The molecule has 3 heterocycles. The maximum atomic E-state index is 13.3. The highest BCUT2D eigenvalue weighted by Gasteiger charge is 2.30. The summed E-state index contributed by atoms with van der Waals surface area (Å²) < 4.78 is 15.1. The van der Waals surface area contributed by atoms with Crippen LogP contribution in [-0.2, 0) is 6.42 Å². The Morgan fingerprint density at radius 1 is 1.19 bits per heavy atom. The molecule has 5 rings (SSSR count). The Labute approximate surface area is 159 Å². The molecule has 0 saturated carbocycles. The van der Waals surface area contributed by atoms with E-state index in [1.165, 1.54) is 17.0 Å². The minimum Gasteiger partial charge on any atom is -0.294 e. The molecule has 4 aromatic rings. The molecule has 6 heteroatoms. The number of aryl methyl sites for hydroxylation is 1. The summed E-state index contributed by atoms with van der Waals surface area (Å²) in [6.45, 7) is 1.92. The van der Waals surface area contributed by atoms with Crippen LogP contribution in [-0.4, -0.2) is 20.4 Å². The standard InChI is InChI=1S/C21H16FN3OS/c1-12-20(13-4-6-15(22)7-5-13)21-23-11-16-17(25(21)24-12)9-14(10-18(16)26)19-3-2-8-27-19/h2-8,11,14H,9-10H2,1H3/t14-/m1/s1. The lowest BCUT2D eigenvalue weighted by Gasteiger charge is -2.23. The lowest BCUT2D eigenvalue weighted by atomic mass is 9.85. The van der Waals surface area contributed by atoms with E-state index in [0.717, 1.165) is 28.9 Å². The number of ketones is 1. The summed E-state index contributed by atoms with van der Waals surface area (Å²) in [7, 11) is 0. The molecule has 0 unspecified atom stereocenters. The van der Waals surface area contributed by atoms with E-state index in [0.29, 0.717) is 17.6 Å². The second-order valence-electron chi connectivity index (χ2n) is 6.87. The zero-order valence-electron chi connectivity index (χ0n) is 14.6. The van der Waals surface area contributed by atoms with Gasteiger partial charge in [-0.25, -0.2) is 13.9 Å². The fraction of sp³-hybridized carbons (Fsp3) is 0.190. The molecule has 134 valence electrons. The second kappa shape index (κ2) is 6.09. The zero-order chi connectivity index (χ0) is 18.5. The lowest BCUT2D eigenvalue weighted by molar-refractivity contribution is 0.0962. The monoisotopic (exact) mass is 377 g/mol. The van der Waals surface area contributed by atoms with Gasteiger partial charge in [0.1, 0.15) is 5.82 Å². The molecule has 1 aromatic carbocycles. The highest BCUT2D eigenvalue weighted by atomic mass is 32.1. The Morgan fingerprint density at radius 2 is 2.00 bits per heavy atom. The fourth-order valence-corrected chi connectivity index (χ4v) is 4.72. The van der Waals surface area contributed by atoms with Gasteiger partial charge in [-0.3, -0.25) is 4.79 Å². The molecule has 1 aliphatic carbocycles. The molecule has 0 bridgehead atoms. The van der Waals surface area contributed by atoms with E-state index < -0.39 is 0 Å². The van der Waals surface area contributed by atoms with Crippen molar-refractivity contribution in [2.45, 2.75) is 25.7 Å². The van der Waals surface area contributed by atoms with Crippen LogP contribution in [0.15, 0.2) is 48.0 Å². The maximum absolute atomic E-state index is 13.3. The summed E-state index contributed by atoms with van der Waals surface area (Å²) in [5.74, 6) is 0.0116. The first-order valence-electron chi connectivity index (χ1n) is 8.81. The number of benzene rings is 1. The molecule has 0 spiro atoms. The summed E-state index contributed by atoms with van der Waals surface area (Å²) in [6, 6.07) is 10.5. The molecule has 27 heavy (non-hydrogen) atoms. The molecular formula is C21H16FN3OS. The van der Waals surface area contributed by atoms with E-state index in [-0.39, 0.29) is 17.5 Å². The molecule has 1 aliphatic rings. The summed E-state index contributed by atoms with van der Waals surface area (Å²) in [5.41, 5.74) is 4.83. The second-order valence-corrected chi connectivity index (χ2v) is 7.84. The summed E-state index contributed by atoms with van der Waals surface area (Å²) in [6.07, 6.45) is 2.93. The predicted molar refractivity (Wildman–Crippen MR) is 103 cm³/mol. The molecule has 0 N–H and O–H groups in total. The summed E-state index contributed by atoms with van der Waals surface area (Å²) in [5, 5.41) is 6.73. The van der Waals surface area contributed by atoms with Gasteiger partial charge in [0.25, 0.3) is 0 Å². The Hall–Kier alpha value is -2.86. The fourth-order valence-electron chi connectivity index (χ4n) is 3.88. The molecule has 0 amide bonds. The average Bonchev–Trinajstić information content (AvgIpc) is 3.30. The Balaban J connectivity index is 1.69. The highest BCUT2D eigenvalue weighted by molar-refractivity contribution is 7.10. The number of rotatable bonds is 2. The van der Waals surface area contributed by atoms with Crippen LogP contribution in [0.5, 0.6) is 0 Å². The van der Waals surface area contributed by atoms with Crippen LogP contribution in [0.25, 0.3) is 16.8 Å². The van der Waals surface area contributed by atoms with Crippen LogP contribution in [0, 0.1) is 12.7 Å². The minimum atomic E-state index is -0.275. The third-order valence-electron chi connectivity index (χ3n) is 5.17. The van der Waals surface area contributed by atoms with E-state index in [4.69, 9.17) is 0 Å². The van der Waals surface area contributed by atoms with Crippen LogP contribution in [0.2, 0.25) is 0 Å². The number of Topliss-reactive ketones (excluding diaryl/α,β-unsaturated/α-hetero) is 1. The van der Waals surface area contributed by atoms with Crippen molar-refractivity contribution in [1.29, 1.82) is 0 Å². The van der Waals surface area contributed by atoms with E-state index in [2.05, 4.69) is 16.1 Å². The molecule has 1 atom stereocenters. The zero-order valence-corrected chi connectivity index (χ0v) is 15.5. The highest BCUT2D eigenvalue weighted by Crippen LogP contribution is 2.36. The number of carbonyl (C=O) groups is 1. The Morgan fingerprint density at radius 3 is 2.74 bits per heavy atom. The van der Waals surface area contributed by atoms with Gasteiger partial charge in [-0.1, -0.05) is 18.2 Å². The first-order valence-corrected chi connectivity index (χ1v) is 9.69. The third-order valence-corrected chi connectivity index (χ3v) is 6.20. The third kappa shape index (κ3) is 2.59. The van der Waals surface area contributed by atoms with Gasteiger partial charge in [0.15, 0.2) is 11.4 Å². The SMILES string of the molecule is Cc1nn2c3c(cnc2c1-c1ccc(F)cc1)C(=O)C[C@H](c1cccs1)C3. The van der Waals surface area contributed by atoms with Crippen molar-refractivity contribution in [2.24, 2.45) is 0 Å². The number of hydrogen-bond acceptors (Lipinski definition) is 4. The molecule has 4 nitrogen and oxygen atoms in total. The van der Waals surface area contributed by atoms with Crippen LogP contribution in [0.1, 0.15) is 39.0 Å². The number of halogens is 1. The topological polar surface area (TPSA) is 47.3 Å². The first-order chi connectivity index (χ1) is 13.1. The van der Waals surface area contributed by atoms with Gasteiger partial charge in [-0.15, -0.1) is 11.3 Å². The van der Waals surface area contributed by atoms with Gasteiger partial charge in [-0.2, -0.15) is 5.10 Å². The lowest BCUT2D eigenvalue weighted by Crippen LogP contribution is -2.22. The smallest absolute Gasteiger partial charge is 0.166 e. The molecule has 3 aromatic heterocycles. The van der Waals surface area contributed by atoms with Crippen molar-refractivity contribution < 1.29 is 9.18 Å². The number of hydrogen-bond donors (Lipinski definition) is 0. The van der Waals surface area contributed by atoms with Crippen LogP contribution in [0.4, 0.5) is 4.39 Å². The number of nitrogens with zero attached hydrogens (tertiary/aromatic N) is 3. The number of aromatic nitrogens is 3. The van der Waals surface area contributed by atoms with Gasteiger partial charge < -0.3 is 0 Å². The van der Waals surface area contributed by atoms with Gasteiger partial charge >= 0.3 is 0 Å². The van der Waals surface area contributed by atoms with Crippen molar-refractivity contribution in [1.82, 2.24) is 14.6 Å². The van der Waals surface area contributed by atoms with Crippen molar-refractivity contribution in [3.05, 3.63) is 75.6 Å². The van der Waals surface area contributed by atoms with Crippen molar-refractivity contribution in [2.75, 3.05) is 0 Å². The average molecular weight is 377 g/mol. The van der Waals surface area contributed by atoms with Gasteiger partial charge in [0.2, 0.25) is 0 Å². The van der Waals surface area contributed by atoms with E-state index >= 15 is 0 Å². The van der Waals surface area contributed by atoms with E-state index in [1.54, 1.807) is 34.2 Å². The first kappa shape index (κ1) is 16.3. The van der Waals surface area contributed by atoms with Gasteiger partial charge in [0, 0.05) is 29.0 Å².